The van der Waals surface area contributed by atoms with Crippen molar-refractivity contribution in [1.29, 1.82) is 0 Å². The normalized spacial score (nSPS) is 22.9. The highest BCUT2D eigenvalue weighted by Crippen LogP contribution is 2.26. The lowest BCUT2D eigenvalue weighted by atomic mass is 9.95. The lowest BCUT2D eigenvalue weighted by molar-refractivity contribution is 0.0203. The van der Waals surface area contributed by atoms with Crippen LogP contribution in [-0.2, 0) is 0 Å². The quantitative estimate of drug-likeness (QED) is 0.821. The third-order valence-corrected chi connectivity index (χ3v) is 5.93. The number of aliphatic hydroxyl groups is 1. The fraction of sp³-hybridized carbons (Fsp3) is 0.909. The van der Waals surface area contributed by atoms with Crippen LogP contribution in [0.1, 0.15) is 87.1 Å². The average molecular weight is 396 g/mol. The summed E-state index contributed by atoms with van der Waals surface area (Å²) in [4.78, 5) is 4.97. The van der Waals surface area contributed by atoms with Crippen molar-refractivity contribution >= 4 is 0 Å². The van der Waals surface area contributed by atoms with Crippen LogP contribution in [-0.4, -0.2) is 73.3 Å². The topological polar surface area (TPSA) is 57.4 Å². The highest BCUT2D eigenvalue weighted by Gasteiger charge is 2.30. The van der Waals surface area contributed by atoms with E-state index in [0.717, 1.165) is 26.1 Å². The van der Waals surface area contributed by atoms with Gasteiger partial charge in [0.25, 0.3) is 0 Å². The maximum Gasteiger partial charge on any atom is 0.0693 e. The number of rotatable bonds is 2. The van der Waals surface area contributed by atoms with E-state index in [2.05, 4.69) is 61.7 Å². The number of aromatic nitrogens is 3. The summed E-state index contributed by atoms with van der Waals surface area (Å²) in [6.45, 7) is 17.3. The van der Waals surface area contributed by atoms with Crippen molar-refractivity contribution in [2.75, 3.05) is 26.2 Å². The number of hydrogen-bond acceptors (Lipinski definition) is 5. The van der Waals surface area contributed by atoms with Gasteiger partial charge >= 0.3 is 0 Å². The fourth-order valence-electron chi connectivity index (χ4n) is 4.29. The van der Waals surface area contributed by atoms with Crippen LogP contribution in [0.4, 0.5) is 0 Å². The molecule has 2 aliphatic rings. The molecule has 1 aromatic rings. The minimum absolute atomic E-state index is 0. The molecule has 2 fully saturated rings. The average Bonchev–Trinajstić information content (AvgIpc) is 3.15. The molecule has 6 nitrogen and oxygen atoms in total. The van der Waals surface area contributed by atoms with Crippen LogP contribution in [0.5, 0.6) is 0 Å². The monoisotopic (exact) mass is 395 g/mol. The van der Waals surface area contributed by atoms with E-state index in [-0.39, 0.29) is 13.0 Å². The smallest absolute Gasteiger partial charge is 0.0693 e. The third-order valence-electron chi connectivity index (χ3n) is 5.93. The Labute approximate surface area is 173 Å². The predicted octanol–water partition coefficient (Wildman–Crippen LogP) is 3.98. The van der Waals surface area contributed by atoms with Crippen LogP contribution in [0.15, 0.2) is 12.4 Å². The summed E-state index contributed by atoms with van der Waals surface area (Å²) in [7, 11) is 0. The van der Waals surface area contributed by atoms with Crippen LogP contribution < -0.4 is 0 Å². The molecule has 1 unspecified atom stereocenters. The summed E-state index contributed by atoms with van der Waals surface area (Å²) in [5.41, 5.74) is 0.515. The van der Waals surface area contributed by atoms with Gasteiger partial charge in [-0.05, 0) is 73.8 Å². The Morgan fingerprint density at radius 1 is 0.929 bits per heavy atom. The van der Waals surface area contributed by atoms with Gasteiger partial charge in [0.05, 0.1) is 18.8 Å². The van der Waals surface area contributed by atoms with Crippen molar-refractivity contribution in [3.63, 3.8) is 0 Å². The zero-order chi connectivity index (χ0) is 20.1. The Kier molecular flexibility index (Phi) is 9.57. The molecule has 3 rings (SSSR count). The summed E-state index contributed by atoms with van der Waals surface area (Å²) >= 11 is 0. The van der Waals surface area contributed by atoms with Crippen molar-refractivity contribution < 1.29 is 5.11 Å². The van der Waals surface area contributed by atoms with Crippen LogP contribution in [0.2, 0.25) is 0 Å². The highest BCUT2D eigenvalue weighted by molar-refractivity contribution is 4.86. The standard InChI is InChI=1S/C11H20N4.C10H21NO.CH4/c1-11(2,3)14-7-4-10(5-8-14)15-9-6-12-13-15;1-10(2,3)11-7-5-4-6-9(11)8-12;/h6,9-10H,4-5,7-8H2,1-3H3;9,12H,4-8H2,1-3H3;1H4. The van der Waals surface area contributed by atoms with Crippen molar-refractivity contribution in [2.24, 2.45) is 0 Å². The number of aliphatic hydroxyl groups excluding tert-OH is 1. The molecule has 1 atom stereocenters. The molecular weight excluding hydrogens is 350 g/mol. The zero-order valence-electron chi connectivity index (χ0n) is 18.4. The molecule has 0 saturated carbocycles. The van der Waals surface area contributed by atoms with E-state index in [1.807, 2.05) is 10.9 Å². The molecule has 2 saturated heterocycles. The van der Waals surface area contributed by atoms with Crippen molar-refractivity contribution in [2.45, 2.75) is 104 Å². The summed E-state index contributed by atoms with van der Waals surface area (Å²) in [5, 5.41) is 17.1. The van der Waals surface area contributed by atoms with E-state index in [1.54, 1.807) is 6.20 Å². The lowest BCUT2D eigenvalue weighted by Crippen LogP contribution is -2.52. The Morgan fingerprint density at radius 2 is 1.57 bits per heavy atom. The number of hydrogen-bond donors (Lipinski definition) is 1. The van der Waals surface area contributed by atoms with Gasteiger partial charge in [-0.1, -0.05) is 19.1 Å². The molecule has 0 amide bonds. The van der Waals surface area contributed by atoms with Gasteiger partial charge in [-0.15, -0.1) is 5.10 Å². The van der Waals surface area contributed by atoms with Gasteiger partial charge in [0.15, 0.2) is 0 Å². The Bertz CT molecular complexity index is 524. The lowest BCUT2D eigenvalue weighted by Gasteiger charge is -2.43. The zero-order valence-corrected chi connectivity index (χ0v) is 18.4. The molecular formula is C22H45N5O. The molecule has 2 aliphatic heterocycles. The molecule has 1 N–H and O–H groups in total. The van der Waals surface area contributed by atoms with E-state index in [9.17, 15) is 5.11 Å². The van der Waals surface area contributed by atoms with Gasteiger partial charge in [0, 0.05) is 36.4 Å². The SMILES string of the molecule is C.CC(C)(C)N1CCC(n2ccnn2)CC1.CC(C)(C)N1CCCCC1CO. The number of nitrogens with zero attached hydrogens (tertiary/aromatic N) is 5. The molecule has 0 aromatic carbocycles. The molecule has 3 heterocycles. The maximum atomic E-state index is 9.18. The fourth-order valence-corrected chi connectivity index (χ4v) is 4.29. The third kappa shape index (κ3) is 7.12. The van der Waals surface area contributed by atoms with E-state index in [1.165, 1.54) is 25.7 Å². The van der Waals surface area contributed by atoms with Crippen molar-refractivity contribution in [3.8, 4) is 0 Å². The second-order valence-corrected chi connectivity index (χ2v) is 9.97. The molecule has 28 heavy (non-hydrogen) atoms. The van der Waals surface area contributed by atoms with Gasteiger partial charge in [-0.3, -0.25) is 9.80 Å². The molecule has 1 aromatic heterocycles. The first-order valence-corrected chi connectivity index (χ1v) is 10.6. The predicted molar refractivity (Wildman–Crippen MR) is 118 cm³/mol. The van der Waals surface area contributed by atoms with Crippen molar-refractivity contribution in [3.05, 3.63) is 12.4 Å². The molecule has 0 aliphatic carbocycles. The van der Waals surface area contributed by atoms with Gasteiger partial charge in [-0.2, -0.15) is 0 Å². The molecule has 164 valence electrons. The second-order valence-electron chi connectivity index (χ2n) is 9.97. The molecule has 0 spiro atoms. The largest absolute Gasteiger partial charge is 0.395 e. The Hall–Kier alpha value is -0.980. The summed E-state index contributed by atoms with van der Waals surface area (Å²) in [6, 6.07) is 0.949. The summed E-state index contributed by atoms with van der Waals surface area (Å²) < 4.78 is 2.00. The van der Waals surface area contributed by atoms with Gasteiger partial charge in [-0.25, -0.2) is 4.68 Å². The van der Waals surface area contributed by atoms with Crippen LogP contribution in [0, 0.1) is 0 Å². The van der Waals surface area contributed by atoms with E-state index in [0.29, 0.717) is 24.2 Å². The molecule has 6 heteroatoms. The second kappa shape index (κ2) is 10.7. The van der Waals surface area contributed by atoms with Crippen molar-refractivity contribution in [1.82, 2.24) is 24.8 Å². The van der Waals surface area contributed by atoms with Gasteiger partial charge in [0.1, 0.15) is 0 Å². The van der Waals surface area contributed by atoms with Crippen LogP contribution in [0.3, 0.4) is 0 Å². The first-order chi connectivity index (χ1) is 12.6. The maximum absolute atomic E-state index is 9.18. The Morgan fingerprint density at radius 3 is 2.00 bits per heavy atom. The van der Waals surface area contributed by atoms with E-state index < -0.39 is 0 Å². The molecule has 0 bridgehead atoms. The number of piperidine rings is 2. The van der Waals surface area contributed by atoms with Gasteiger partial charge < -0.3 is 5.11 Å². The summed E-state index contributed by atoms with van der Waals surface area (Å²) in [6.07, 6.45) is 9.81. The van der Waals surface area contributed by atoms with Crippen LogP contribution >= 0.6 is 0 Å². The summed E-state index contributed by atoms with van der Waals surface area (Å²) in [5.74, 6) is 0. The first kappa shape index (κ1) is 25.1. The number of likely N-dealkylation sites (tertiary alicyclic amines) is 2. The molecule has 0 radical (unpaired) electrons. The minimum atomic E-state index is 0. The minimum Gasteiger partial charge on any atom is -0.395 e. The van der Waals surface area contributed by atoms with Crippen LogP contribution in [0.25, 0.3) is 0 Å². The van der Waals surface area contributed by atoms with E-state index >= 15 is 0 Å². The van der Waals surface area contributed by atoms with E-state index in [4.69, 9.17) is 0 Å². The first-order valence-electron chi connectivity index (χ1n) is 10.6. The van der Waals surface area contributed by atoms with Gasteiger partial charge in [0.2, 0.25) is 0 Å². The Balaban J connectivity index is 0.000000277. The highest BCUT2D eigenvalue weighted by atomic mass is 16.3.